The van der Waals surface area contributed by atoms with Crippen LogP contribution in [0.1, 0.15) is 85.0 Å². The van der Waals surface area contributed by atoms with Crippen molar-refractivity contribution < 1.29 is 0 Å². The van der Waals surface area contributed by atoms with Crippen LogP contribution in [0.5, 0.6) is 0 Å². The first-order valence-electron chi connectivity index (χ1n) is 7.42. The van der Waals surface area contributed by atoms with Gasteiger partial charge in [-0.1, -0.05) is 71.4 Å². The fourth-order valence-corrected chi connectivity index (χ4v) is 1.92. The molecule has 16 heavy (non-hydrogen) atoms. The van der Waals surface area contributed by atoms with Crippen LogP contribution in [-0.4, -0.2) is 0 Å². The zero-order valence-corrected chi connectivity index (χ0v) is 11.8. The Morgan fingerprint density at radius 2 is 1.31 bits per heavy atom. The third-order valence-corrected chi connectivity index (χ3v) is 3.04. The van der Waals surface area contributed by atoms with Crippen LogP contribution in [0.2, 0.25) is 0 Å². The SMILES string of the molecule is CCCCCCC=CCCCCCC(C)C. The first-order chi connectivity index (χ1) is 7.77. The number of rotatable bonds is 11. The molecule has 0 aliphatic rings. The number of hydrogen-bond acceptors (Lipinski definition) is 0. The maximum Gasteiger partial charge on any atom is -0.0351 e. The van der Waals surface area contributed by atoms with E-state index in [-0.39, 0.29) is 0 Å². The highest BCUT2D eigenvalue weighted by molar-refractivity contribution is 4.81. The number of unbranched alkanes of at least 4 members (excludes halogenated alkanes) is 7. The highest BCUT2D eigenvalue weighted by Crippen LogP contribution is 2.10. The molecule has 0 aromatic carbocycles. The molecule has 0 spiro atoms. The van der Waals surface area contributed by atoms with Crippen molar-refractivity contribution >= 4 is 0 Å². The van der Waals surface area contributed by atoms with Crippen LogP contribution >= 0.6 is 0 Å². The molecule has 0 saturated heterocycles. The van der Waals surface area contributed by atoms with Crippen molar-refractivity contribution in [2.45, 2.75) is 85.0 Å². The zero-order chi connectivity index (χ0) is 12.1. The highest BCUT2D eigenvalue weighted by atomic mass is 14.0. The lowest BCUT2D eigenvalue weighted by Crippen LogP contribution is -1.86. The zero-order valence-electron chi connectivity index (χ0n) is 11.8. The Hall–Kier alpha value is -0.260. The molecule has 0 aliphatic heterocycles. The second kappa shape index (κ2) is 12.8. The molecule has 0 heteroatoms. The van der Waals surface area contributed by atoms with Crippen LogP contribution in [0, 0.1) is 5.92 Å². The molecule has 96 valence electrons. The van der Waals surface area contributed by atoms with Crippen LogP contribution in [0.15, 0.2) is 12.2 Å². The standard InChI is InChI=1S/C16H32/c1-4-5-6-7-8-9-10-11-12-13-14-15-16(2)3/h9-10,16H,4-8,11-15H2,1-3H3. The van der Waals surface area contributed by atoms with E-state index in [4.69, 9.17) is 0 Å². The van der Waals surface area contributed by atoms with Crippen molar-refractivity contribution in [2.75, 3.05) is 0 Å². The van der Waals surface area contributed by atoms with Gasteiger partial charge >= 0.3 is 0 Å². The Bertz CT molecular complexity index is 144. The summed E-state index contributed by atoms with van der Waals surface area (Å²) >= 11 is 0. The molecule has 0 N–H and O–H groups in total. The normalized spacial score (nSPS) is 11.8. The number of hydrogen-bond donors (Lipinski definition) is 0. The monoisotopic (exact) mass is 224 g/mol. The fourth-order valence-electron chi connectivity index (χ4n) is 1.92. The van der Waals surface area contributed by atoms with Crippen LogP contribution < -0.4 is 0 Å². The van der Waals surface area contributed by atoms with Gasteiger partial charge in [0, 0.05) is 0 Å². The van der Waals surface area contributed by atoms with Gasteiger partial charge in [-0.05, 0) is 31.6 Å². The van der Waals surface area contributed by atoms with Gasteiger partial charge in [-0.15, -0.1) is 0 Å². The van der Waals surface area contributed by atoms with Gasteiger partial charge in [-0.25, -0.2) is 0 Å². The molecule has 0 aliphatic carbocycles. The van der Waals surface area contributed by atoms with Crippen molar-refractivity contribution in [1.29, 1.82) is 0 Å². The van der Waals surface area contributed by atoms with Crippen molar-refractivity contribution in [1.82, 2.24) is 0 Å². The van der Waals surface area contributed by atoms with Crippen molar-refractivity contribution in [2.24, 2.45) is 5.92 Å². The predicted octanol–water partition coefficient (Wildman–Crippen LogP) is 6.12. The maximum atomic E-state index is 2.39. The van der Waals surface area contributed by atoms with Crippen molar-refractivity contribution in [3.63, 3.8) is 0 Å². The van der Waals surface area contributed by atoms with Gasteiger partial charge in [-0.2, -0.15) is 0 Å². The minimum Gasteiger partial charge on any atom is -0.0885 e. The minimum absolute atomic E-state index is 0.883. The molecule has 0 amide bonds. The second-order valence-electron chi connectivity index (χ2n) is 5.35. The molecule has 0 radical (unpaired) electrons. The van der Waals surface area contributed by atoms with E-state index in [1.165, 1.54) is 64.2 Å². The van der Waals surface area contributed by atoms with Crippen molar-refractivity contribution in [3.8, 4) is 0 Å². The fraction of sp³-hybridized carbons (Fsp3) is 0.875. The molecule has 0 rings (SSSR count). The Kier molecular flexibility index (Phi) is 12.6. The van der Waals surface area contributed by atoms with E-state index in [1.54, 1.807) is 0 Å². The summed E-state index contributed by atoms with van der Waals surface area (Å²) in [5.41, 5.74) is 0. The van der Waals surface area contributed by atoms with E-state index in [0.29, 0.717) is 0 Å². The molecule has 0 bridgehead atoms. The Morgan fingerprint density at radius 1 is 0.750 bits per heavy atom. The third kappa shape index (κ3) is 13.7. The van der Waals surface area contributed by atoms with E-state index in [9.17, 15) is 0 Å². The van der Waals surface area contributed by atoms with Gasteiger partial charge in [-0.3, -0.25) is 0 Å². The van der Waals surface area contributed by atoms with Crippen LogP contribution in [-0.2, 0) is 0 Å². The Labute approximate surface area is 104 Å². The molecule has 0 aromatic rings. The smallest absolute Gasteiger partial charge is 0.0351 e. The topological polar surface area (TPSA) is 0 Å². The molecule has 0 heterocycles. The Morgan fingerprint density at radius 3 is 1.81 bits per heavy atom. The van der Waals surface area contributed by atoms with E-state index < -0.39 is 0 Å². The summed E-state index contributed by atoms with van der Waals surface area (Å²) in [6, 6.07) is 0. The molecule has 0 nitrogen and oxygen atoms in total. The molecule has 0 aromatic heterocycles. The summed E-state index contributed by atoms with van der Waals surface area (Å²) in [6.45, 7) is 6.90. The number of allylic oxidation sites excluding steroid dienone is 2. The molecule has 0 atom stereocenters. The lowest BCUT2D eigenvalue weighted by molar-refractivity contribution is 0.528. The first kappa shape index (κ1) is 15.7. The summed E-state index contributed by atoms with van der Waals surface area (Å²) < 4.78 is 0. The first-order valence-corrected chi connectivity index (χ1v) is 7.42. The predicted molar refractivity (Wildman–Crippen MR) is 75.8 cm³/mol. The molecular formula is C16H32. The lowest BCUT2D eigenvalue weighted by Gasteiger charge is -2.02. The van der Waals surface area contributed by atoms with Crippen LogP contribution in [0.4, 0.5) is 0 Å². The summed E-state index contributed by atoms with van der Waals surface area (Å²) in [7, 11) is 0. The van der Waals surface area contributed by atoms with Crippen LogP contribution in [0.25, 0.3) is 0 Å². The van der Waals surface area contributed by atoms with Gasteiger partial charge in [0.15, 0.2) is 0 Å². The largest absolute Gasteiger partial charge is 0.0885 e. The van der Waals surface area contributed by atoms with Gasteiger partial charge in [0.2, 0.25) is 0 Å². The van der Waals surface area contributed by atoms with E-state index in [0.717, 1.165) is 5.92 Å². The molecule has 0 fully saturated rings. The highest BCUT2D eigenvalue weighted by Gasteiger charge is 1.92. The average Bonchev–Trinajstić information content (AvgIpc) is 2.25. The van der Waals surface area contributed by atoms with Gasteiger partial charge < -0.3 is 0 Å². The average molecular weight is 224 g/mol. The van der Waals surface area contributed by atoms with E-state index >= 15 is 0 Å². The maximum absolute atomic E-state index is 2.39. The van der Waals surface area contributed by atoms with Crippen LogP contribution in [0.3, 0.4) is 0 Å². The van der Waals surface area contributed by atoms with Crippen molar-refractivity contribution in [3.05, 3.63) is 12.2 Å². The van der Waals surface area contributed by atoms with E-state index in [1.807, 2.05) is 0 Å². The minimum atomic E-state index is 0.883. The van der Waals surface area contributed by atoms with E-state index in [2.05, 4.69) is 32.9 Å². The van der Waals surface area contributed by atoms with Gasteiger partial charge in [0.1, 0.15) is 0 Å². The molecule has 0 unspecified atom stereocenters. The Balaban J connectivity index is 3.04. The van der Waals surface area contributed by atoms with Gasteiger partial charge in [0.05, 0.1) is 0 Å². The quantitative estimate of drug-likeness (QED) is 0.293. The summed E-state index contributed by atoms with van der Waals surface area (Å²) in [5, 5.41) is 0. The lowest BCUT2D eigenvalue weighted by atomic mass is 10.0. The van der Waals surface area contributed by atoms with Gasteiger partial charge in [0.25, 0.3) is 0 Å². The summed E-state index contributed by atoms with van der Waals surface area (Å²) in [5.74, 6) is 0.883. The second-order valence-corrected chi connectivity index (χ2v) is 5.35. The molecule has 0 saturated carbocycles. The molecular weight excluding hydrogens is 192 g/mol. The summed E-state index contributed by atoms with van der Waals surface area (Å²) in [4.78, 5) is 0. The summed E-state index contributed by atoms with van der Waals surface area (Å²) in [6.07, 6.45) is 18.5. The third-order valence-electron chi connectivity index (χ3n) is 3.04.